The van der Waals surface area contributed by atoms with E-state index < -0.39 is 6.23 Å². The quantitative estimate of drug-likeness (QED) is 0.550. The van der Waals surface area contributed by atoms with Crippen LogP contribution in [0.15, 0.2) is 0 Å². The minimum atomic E-state index is -0.449. The summed E-state index contributed by atoms with van der Waals surface area (Å²) in [6, 6.07) is 0. The van der Waals surface area contributed by atoms with Crippen molar-refractivity contribution < 1.29 is 5.11 Å². The van der Waals surface area contributed by atoms with Crippen LogP contribution >= 0.6 is 12.4 Å². The molecule has 0 aromatic carbocycles. The van der Waals surface area contributed by atoms with Gasteiger partial charge in [-0.25, -0.2) is 0 Å². The van der Waals surface area contributed by atoms with Gasteiger partial charge in [0.2, 0.25) is 0 Å². The first-order chi connectivity index (χ1) is 3.55. The van der Waals surface area contributed by atoms with Gasteiger partial charge in [0.1, 0.15) is 6.23 Å². The summed E-state index contributed by atoms with van der Waals surface area (Å²) in [6.07, 6.45) is -0.523. The molecule has 0 saturated carbocycles. The van der Waals surface area contributed by atoms with Gasteiger partial charge < -0.3 is 10.8 Å². The van der Waals surface area contributed by atoms with Gasteiger partial charge in [0, 0.05) is 0 Å². The van der Waals surface area contributed by atoms with Gasteiger partial charge in [0.05, 0.1) is 6.17 Å². The van der Waals surface area contributed by atoms with Crippen LogP contribution in [0.4, 0.5) is 0 Å². The van der Waals surface area contributed by atoms with Gasteiger partial charge in [-0.3, -0.25) is 4.90 Å². The number of aliphatic hydroxyl groups excluding tert-OH is 1. The fourth-order valence-electron chi connectivity index (χ4n) is 0.340. The third kappa shape index (κ3) is 4.66. The second-order valence-corrected chi connectivity index (χ2v) is 2.04. The molecule has 0 fully saturated rings. The molecule has 4 heteroatoms. The molecule has 0 aliphatic rings. The summed E-state index contributed by atoms with van der Waals surface area (Å²) in [4.78, 5) is 1.67. The first-order valence-corrected chi connectivity index (χ1v) is 2.71. The molecule has 0 radical (unpaired) electrons. The average Bonchev–Trinajstić information content (AvgIpc) is 1.64. The molecule has 0 spiro atoms. The Balaban J connectivity index is 0. The molecular weight excluding hydrogens is 140 g/mol. The smallest absolute Gasteiger partial charge is 0.105 e. The summed E-state index contributed by atoms with van der Waals surface area (Å²) >= 11 is 0. The van der Waals surface area contributed by atoms with Crippen LogP contribution in [0, 0.1) is 0 Å². The Bertz CT molecular complexity index is 60.0. The van der Waals surface area contributed by atoms with E-state index in [1.807, 2.05) is 6.92 Å². The Hall–Kier alpha value is 0.170. The van der Waals surface area contributed by atoms with Gasteiger partial charge in [-0.05, 0) is 20.9 Å². The lowest BCUT2D eigenvalue weighted by molar-refractivity contribution is 0.0151. The molecule has 2 unspecified atom stereocenters. The molecule has 0 bridgehead atoms. The highest BCUT2D eigenvalue weighted by atomic mass is 35.5. The highest BCUT2D eigenvalue weighted by Crippen LogP contribution is 1.91. The molecule has 3 nitrogen and oxygen atoms in total. The van der Waals surface area contributed by atoms with Crippen molar-refractivity contribution in [1.82, 2.24) is 4.90 Å². The van der Waals surface area contributed by atoms with E-state index in [0.717, 1.165) is 0 Å². The SMILES string of the molecule is CC(N)N(C)C(C)O.Cl. The largest absolute Gasteiger partial charge is 0.379 e. The maximum absolute atomic E-state index is 8.84. The van der Waals surface area contributed by atoms with Gasteiger partial charge in [-0.15, -0.1) is 12.4 Å². The number of halogens is 1. The minimum absolute atomic E-state index is 0. The van der Waals surface area contributed by atoms with Crippen molar-refractivity contribution in [2.75, 3.05) is 7.05 Å². The van der Waals surface area contributed by atoms with Crippen LogP contribution in [0.1, 0.15) is 13.8 Å². The van der Waals surface area contributed by atoms with Crippen LogP contribution in [0.2, 0.25) is 0 Å². The molecular formula is C5H15ClN2O. The topological polar surface area (TPSA) is 49.5 Å². The van der Waals surface area contributed by atoms with Crippen LogP contribution in [-0.4, -0.2) is 29.4 Å². The minimum Gasteiger partial charge on any atom is -0.379 e. The van der Waals surface area contributed by atoms with Crippen LogP contribution in [0.5, 0.6) is 0 Å². The standard InChI is InChI=1S/C5H14N2O.ClH/c1-4(6)7(3)5(2)8;/h4-5,8H,6H2,1-3H3;1H. The molecule has 0 aliphatic carbocycles. The summed E-state index contributed by atoms with van der Waals surface area (Å²) < 4.78 is 0. The van der Waals surface area contributed by atoms with E-state index in [1.54, 1.807) is 18.9 Å². The molecule has 0 aliphatic heterocycles. The van der Waals surface area contributed by atoms with Crippen molar-refractivity contribution in [1.29, 1.82) is 0 Å². The molecule has 0 rings (SSSR count). The van der Waals surface area contributed by atoms with Gasteiger partial charge in [0.15, 0.2) is 0 Å². The van der Waals surface area contributed by atoms with Crippen LogP contribution in [-0.2, 0) is 0 Å². The Morgan fingerprint density at radius 1 is 1.44 bits per heavy atom. The van der Waals surface area contributed by atoms with E-state index in [0.29, 0.717) is 0 Å². The maximum atomic E-state index is 8.84. The molecule has 58 valence electrons. The Labute approximate surface area is 62.2 Å². The summed E-state index contributed by atoms with van der Waals surface area (Å²) in [6.45, 7) is 3.51. The molecule has 0 aromatic heterocycles. The predicted molar refractivity (Wildman–Crippen MR) is 40.3 cm³/mol. The zero-order valence-electron chi connectivity index (χ0n) is 6.03. The summed E-state index contributed by atoms with van der Waals surface area (Å²) in [5.74, 6) is 0. The summed E-state index contributed by atoms with van der Waals surface area (Å²) in [7, 11) is 1.77. The van der Waals surface area contributed by atoms with Gasteiger partial charge in [-0.1, -0.05) is 0 Å². The van der Waals surface area contributed by atoms with E-state index in [2.05, 4.69) is 0 Å². The zero-order chi connectivity index (χ0) is 6.73. The van der Waals surface area contributed by atoms with E-state index >= 15 is 0 Å². The van der Waals surface area contributed by atoms with Crippen molar-refractivity contribution in [3.8, 4) is 0 Å². The van der Waals surface area contributed by atoms with E-state index in [1.165, 1.54) is 0 Å². The molecule has 2 atom stereocenters. The van der Waals surface area contributed by atoms with Gasteiger partial charge >= 0.3 is 0 Å². The van der Waals surface area contributed by atoms with Crippen molar-refractivity contribution in [2.24, 2.45) is 5.73 Å². The number of hydrogen-bond donors (Lipinski definition) is 2. The third-order valence-electron chi connectivity index (χ3n) is 1.23. The van der Waals surface area contributed by atoms with Crippen LogP contribution < -0.4 is 5.73 Å². The fourth-order valence-corrected chi connectivity index (χ4v) is 0.340. The zero-order valence-corrected chi connectivity index (χ0v) is 6.85. The van der Waals surface area contributed by atoms with Crippen molar-refractivity contribution >= 4 is 12.4 Å². The van der Waals surface area contributed by atoms with Crippen LogP contribution in [0.25, 0.3) is 0 Å². The number of aliphatic hydroxyl groups is 1. The Morgan fingerprint density at radius 2 is 1.78 bits per heavy atom. The highest BCUT2D eigenvalue weighted by molar-refractivity contribution is 5.85. The van der Waals surface area contributed by atoms with E-state index in [-0.39, 0.29) is 18.6 Å². The second kappa shape index (κ2) is 4.99. The maximum Gasteiger partial charge on any atom is 0.105 e. The lowest BCUT2D eigenvalue weighted by atomic mass is 10.5. The molecule has 3 N–H and O–H groups in total. The monoisotopic (exact) mass is 154 g/mol. The predicted octanol–water partition coefficient (Wildman–Crippen LogP) is -0.0170. The lowest BCUT2D eigenvalue weighted by Gasteiger charge is -2.23. The lowest BCUT2D eigenvalue weighted by Crippen LogP contribution is -2.42. The second-order valence-electron chi connectivity index (χ2n) is 2.04. The van der Waals surface area contributed by atoms with Gasteiger partial charge in [0.25, 0.3) is 0 Å². The molecule has 0 amide bonds. The number of nitrogens with two attached hydrogens (primary N) is 1. The summed E-state index contributed by atoms with van der Waals surface area (Å²) in [5.41, 5.74) is 5.40. The highest BCUT2D eigenvalue weighted by Gasteiger charge is 2.06. The normalized spacial score (nSPS) is 16.7. The third-order valence-corrected chi connectivity index (χ3v) is 1.23. The number of rotatable bonds is 2. The van der Waals surface area contributed by atoms with Crippen molar-refractivity contribution in [3.05, 3.63) is 0 Å². The van der Waals surface area contributed by atoms with Crippen LogP contribution in [0.3, 0.4) is 0 Å². The first kappa shape index (κ1) is 11.9. The number of nitrogens with zero attached hydrogens (tertiary/aromatic N) is 1. The average molecular weight is 155 g/mol. The summed E-state index contributed by atoms with van der Waals surface area (Å²) in [5, 5.41) is 8.84. The number of hydrogen-bond acceptors (Lipinski definition) is 3. The Kier molecular flexibility index (Phi) is 6.61. The van der Waals surface area contributed by atoms with Crippen molar-refractivity contribution in [2.45, 2.75) is 26.2 Å². The molecule has 0 aromatic rings. The Morgan fingerprint density at radius 3 is 1.78 bits per heavy atom. The van der Waals surface area contributed by atoms with Gasteiger partial charge in [-0.2, -0.15) is 0 Å². The van der Waals surface area contributed by atoms with E-state index in [4.69, 9.17) is 10.8 Å². The first-order valence-electron chi connectivity index (χ1n) is 2.71. The molecule has 0 heterocycles. The van der Waals surface area contributed by atoms with E-state index in [9.17, 15) is 0 Å². The molecule has 0 saturated heterocycles. The molecule has 9 heavy (non-hydrogen) atoms. The van der Waals surface area contributed by atoms with Crippen molar-refractivity contribution in [3.63, 3.8) is 0 Å². The fraction of sp³-hybridized carbons (Fsp3) is 1.00.